The van der Waals surface area contributed by atoms with Gasteiger partial charge in [-0.2, -0.15) is 0 Å². The maximum atomic E-state index is 14.2. The lowest BCUT2D eigenvalue weighted by Crippen LogP contribution is -2.59. The van der Waals surface area contributed by atoms with E-state index in [9.17, 15) is 24.9 Å². The first-order chi connectivity index (χ1) is 23.5. The second-order valence-electron chi connectivity index (χ2n) is 16.8. The number of Topliss-reactive ketones (excluding diaryl/α,β-unsaturated/α-hetero) is 1. The predicted octanol–water partition coefficient (Wildman–Crippen LogP) is 3.04. The van der Waals surface area contributed by atoms with Gasteiger partial charge in [-0.25, -0.2) is 0 Å². The molecular formula is C38H70N2O11. The van der Waals surface area contributed by atoms with E-state index in [0.717, 1.165) is 6.42 Å². The summed E-state index contributed by atoms with van der Waals surface area (Å²) in [5, 5.41) is 38.7. The largest absolute Gasteiger partial charge is 0.459 e. The van der Waals surface area contributed by atoms with Gasteiger partial charge in [0, 0.05) is 37.5 Å². The Morgan fingerprint density at radius 3 is 2.14 bits per heavy atom. The van der Waals surface area contributed by atoms with Crippen LogP contribution >= 0.6 is 0 Å². The van der Waals surface area contributed by atoms with E-state index in [2.05, 4.69) is 17.1 Å². The minimum absolute atomic E-state index is 0.0533. The Hall–Kier alpha value is -1.26. The van der Waals surface area contributed by atoms with Crippen molar-refractivity contribution in [2.75, 3.05) is 27.7 Å². The number of rotatable bonds is 7. The van der Waals surface area contributed by atoms with Crippen molar-refractivity contribution < 1.29 is 53.3 Å². The third kappa shape index (κ3) is 10.1. The molecule has 3 heterocycles. The zero-order chi connectivity index (χ0) is 38.8. The number of nitrogens with zero attached hydrogens (tertiary/aromatic N) is 1. The van der Waals surface area contributed by atoms with Crippen LogP contribution in [0.4, 0.5) is 0 Å². The van der Waals surface area contributed by atoms with Crippen LogP contribution in [0.5, 0.6) is 0 Å². The Balaban J connectivity index is 2.15. The molecule has 0 radical (unpaired) electrons. The Labute approximate surface area is 306 Å². The molecule has 13 nitrogen and oxygen atoms in total. The van der Waals surface area contributed by atoms with Crippen LogP contribution < -0.4 is 5.32 Å². The molecule has 3 saturated heterocycles. The van der Waals surface area contributed by atoms with Crippen LogP contribution in [0.2, 0.25) is 0 Å². The van der Waals surface area contributed by atoms with Crippen molar-refractivity contribution in [1.29, 1.82) is 0 Å². The molecule has 0 saturated carbocycles. The second kappa shape index (κ2) is 17.5. The van der Waals surface area contributed by atoms with Gasteiger partial charge in [-0.1, -0.05) is 27.7 Å². The van der Waals surface area contributed by atoms with Crippen molar-refractivity contribution in [2.45, 2.75) is 180 Å². The third-order valence-electron chi connectivity index (χ3n) is 11.9. The number of methoxy groups -OCH3 is 1. The standard InChI is InChI=1S/C38H70N2O11/c1-15-28-38(11,45)31(41)25(7)39-19-20(2)17-36(9,44)33(51-35-22(4)27(40(12)13)16-21(3)47-35)23(5)30(24(6)34(43)49-28)50-29-18-37(10,46-14)32(42)26(8)48-29/h20-31,33,35,39,41,44-45H,15-19H2,1-14H3/t20-,21-,22-,23+,24-,25-,26+,27+,28-,29+,30+,31-,33-,35+,36-,37-,38-/m1/s1. The first kappa shape index (κ1) is 44.1. The van der Waals surface area contributed by atoms with Crippen LogP contribution in [0.3, 0.4) is 0 Å². The molecule has 0 aliphatic carbocycles. The van der Waals surface area contributed by atoms with Gasteiger partial charge in [-0.15, -0.1) is 0 Å². The molecule has 298 valence electrons. The lowest BCUT2D eigenvalue weighted by Gasteiger charge is -2.48. The predicted molar refractivity (Wildman–Crippen MR) is 192 cm³/mol. The highest BCUT2D eigenvalue weighted by molar-refractivity contribution is 5.91. The number of aliphatic hydroxyl groups is 3. The monoisotopic (exact) mass is 730 g/mol. The van der Waals surface area contributed by atoms with E-state index >= 15 is 0 Å². The van der Waals surface area contributed by atoms with Crippen molar-refractivity contribution in [3.63, 3.8) is 0 Å². The molecule has 0 aromatic rings. The molecule has 17 atom stereocenters. The highest BCUT2D eigenvalue weighted by Crippen LogP contribution is 2.40. The smallest absolute Gasteiger partial charge is 0.311 e. The minimum atomic E-state index is -1.78. The molecule has 51 heavy (non-hydrogen) atoms. The SMILES string of the molecule is CC[C@H]1OC(=O)[C@H](C)[C@@H](O[C@H]2C[C@@](C)(OC)C(=O)[C@H](C)O2)[C@H](C)[C@@H](O[C@@H]2O[C@H](C)C[C@H](N(C)C)[C@H]2C)[C@](C)(O)C[C@@H](C)CN[C@H](C)[C@@H](O)[C@]1(C)O. The summed E-state index contributed by atoms with van der Waals surface area (Å²) < 4.78 is 37.8. The molecule has 0 unspecified atom stereocenters. The van der Waals surface area contributed by atoms with Gasteiger partial charge in [0.05, 0.1) is 29.8 Å². The normalized spacial score (nSPS) is 48.5. The molecule has 3 rings (SSSR count). The molecule has 0 spiro atoms. The summed E-state index contributed by atoms with van der Waals surface area (Å²) in [6.07, 6.45) is -5.31. The molecule has 3 aliphatic heterocycles. The van der Waals surface area contributed by atoms with E-state index in [1.165, 1.54) is 14.0 Å². The van der Waals surface area contributed by atoms with Crippen LogP contribution in [0, 0.1) is 23.7 Å². The van der Waals surface area contributed by atoms with Crippen LogP contribution in [0.25, 0.3) is 0 Å². The second-order valence-corrected chi connectivity index (χ2v) is 16.8. The van der Waals surface area contributed by atoms with Crippen molar-refractivity contribution in [3.05, 3.63) is 0 Å². The molecule has 0 aromatic heterocycles. The third-order valence-corrected chi connectivity index (χ3v) is 11.9. The first-order valence-corrected chi connectivity index (χ1v) is 18.9. The zero-order valence-electron chi connectivity index (χ0n) is 33.7. The lowest BCUT2D eigenvalue weighted by atomic mass is 9.77. The maximum Gasteiger partial charge on any atom is 0.311 e. The number of ketones is 1. The quantitative estimate of drug-likeness (QED) is 0.283. The minimum Gasteiger partial charge on any atom is -0.459 e. The number of aliphatic hydroxyl groups excluding tert-OH is 1. The number of carbonyl (C=O) groups is 2. The highest BCUT2D eigenvalue weighted by Gasteiger charge is 2.52. The van der Waals surface area contributed by atoms with E-state index in [4.69, 9.17) is 28.4 Å². The number of hydrogen-bond acceptors (Lipinski definition) is 13. The van der Waals surface area contributed by atoms with Gasteiger partial charge in [0.25, 0.3) is 0 Å². The summed E-state index contributed by atoms with van der Waals surface area (Å²) in [5.74, 6) is -2.66. The number of ether oxygens (including phenoxy) is 6. The molecule has 4 N–H and O–H groups in total. The summed E-state index contributed by atoms with van der Waals surface area (Å²) in [7, 11) is 5.54. The summed E-state index contributed by atoms with van der Waals surface area (Å²) in [6, 6.07) is -0.396. The van der Waals surface area contributed by atoms with E-state index < -0.39 is 83.7 Å². The summed E-state index contributed by atoms with van der Waals surface area (Å²) in [5.41, 5.74) is -4.42. The van der Waals surface area contributed by atoms with E-state index in [1.807, 2.05) is 34.9 Å². The van der Waals surface area contributed by atoms with Gasteiger partial charge in [0.2, 0.25) is 0 Å². The Morgan fingerprint density at radius 1 is 0.941 bits per heavy atom. The lowest BCUT2D eigenvalue weighted by molar-refractivity contribution is -0.297. The van der Waals surface area contributed by atoms with Gasteiger partial charge in [-0.3, -0.25) is 9.59 Å². The zero-order valence-corrected chi connectivity index (χ0v) is 33.7. The number of hydrogen-bond donors (Lipinski definition) is 4. The van der Waals surface area contributed by atoms with Crippen molar-refractivity contribution >= 4 is 11.8 Å². The molecule has 0 amide bonds. The van der Waals surface area contributed by atoms with Crippen molar-refractivity contribution in [1.82, 2.24) is 10.2 Å². The number of cyclic esters (lactones) is 1. The summed E-state index contributed by atoms with van der Waals surface area (Å²) in [4.78, 5) is 29.4. The molecule has 0 aromatic carbocycles. The van der Waals surface area contributed by atoms with Gasteiger partial charge in [-0.05, 0) is 94.3 Å². The molecule has 3 aliphatic rings. The maximum absolute atomic E-state index is 14.2. The van der Waals surface area contributed by atoms with E-state index in [-0.39, 0.29) is 42.6 Å². The molecule has 0 bridgehead atoms. The number of carbonyl (C=O) groups excluding carboxylic acids is 2. The Bertz CT molecular complexity index is 1150. The van der Waals surface area contributed by atoms with Crippen LogP contribution in [-0.4, -0.2) is 138 Å². The average Bonchev–Trinajstić information content (AvgIpc) is 3.05. The average molecular weight is 731 g/mol. The fourth-order valence-corrected chi connectivity index (χ4v) is 8.54. The van der Waals surface area contributed by atoms with Crippen LogP contribution in [0.15, 0.2) is 0 Å². The first-order valence-electron chi connectivity index (χ1n) is 18.9. The fraction of sp³-hybridized carbons (Fsp3) is 0.947. The molecule has 3 fully saturated rings. The van der Waals surface area contributed by atoms with Crippen molar-refractivity contribution in [2.24, 2.45) is 23.7 Å². The van der Waals surface area contributed by atoms with Crippen LogP contribution in [-0.2, 0) is 38.0 Å². The van der Waals surface area contributed by atoms with E-state index in [0.29, 0.717) is 13.0 Å². The van der Waals surface area contributed by atoms with Gasteiger partial charge in [0.15, 0.2) is 18.4 Å². The van der Waals surface area contributed by atoms with E-state index in [1.54, 1.807) is 41.5 Å². The van der Waals surface area contributed by atoms with Gasteiger partial charge >= 0.3 is 5.97 Å². The van der Waals surface area contributed by atoms with Crippen LogP contribution in [0.1, 0.15) is 102 Å². The summed E-state index contributed by atoms with van der Waals surface area (Å²) in [6.45, 7) is 20.2. The molecule has 13 heteroatoms. The molecular weight excluding hydrogens is 660 g/mol. The van der Waals surface area contributed by atoms with Gasteiger partial charge in [0.1, 0.15) is 29.5 Å². The summed E-state index contributed by atoms with van der Waals surface area (Å²) >= 11 is 0. The number of esters is 1. The number of nitrogens with one attached hydrogen (secondary N) is 1. The van der Waals surface area contributed by atoms with Crippen molar-refractivity contribution in [3.8, 4) is 0 Å². The highest BCUT2D eigenvalue weighted by atomic mass is 16.7. The fourth-order valence-electron chi connectivity index (χ4n) is 8.54. The van der Waals surface area contributed by atoms with Gasteiger partial charge < -0.3 is 54.0 Å². The Kier molecular flexibility index (Phi) is 15.1. The topological polar surface area (TPSA) is 165 Å². The Morgan fingerprint density at radius 2 is 1.57 bits per heavy atom.